The van der Waals surface area contributed by atoms with Gasteiger partial charge in [0, 0.05) is 31.7 Å². The number of nitrogens with one attached hydrogen (secondary N) is 2. The Bertz CT molecular complexity index is 986. The van der Waals surface area contributed by atoms with Crippen molar-refractivity contribution in [3.8, 4) is 5.75 Å². The Morgan fingerprint density at radius 3 is 2.45 bits per heavy atom. The van der Waals surface area contributed by atoms with Crippen LogP contribution in [0.5, 0.6) is 5.75 Å². The van der Waals surface area contributed by atoms with Crippen molar-refractivity contribution in [3.63, 3.8) is 0 Å². The number of nitrogens with zero attached hydrogens (tertiary/aromatic N) is 2. The summed E-state index contributed by atoms with van der Waals surface area (Å²) >= 11 is 0. The number of likely N-dealkylation sites (N-methyl/N-ethyl adjacent to an activating group) is 1. The fourth-order valence-corrected chi connectivity index (χ4v) is 4.43. The summed E-state index contributed by atoms with van der Waals surface area (Å²) in [7, 11) is -0.397. The van der Waals surface area contributed by atoms with E-state index in [2.05, 4.69) is 15.0 Å². The lowest BCUT2D eigenvalue weighted by molar-refractivity contribution is 0.0662. The highest BCUT2D eigenvalue weighted by Gasteiger charge is 2.22. The zero-order chi connectivity index (χ0) is 21.0. The first-order valence-electron chi connectivity index (χ1n) is 9.31. The van der Waals surface area contributed by atoms with Gasteiger partial charge in [-0.3, -0.25) is 14.9 Å². The summed E-state index contributed by atoms with van der Waals surface area (Å²) in [6.45, 7) is 4.84. The Hall–Kier alpha value is -2.62. The second-order valence-electron chi connectivity index (χ2n) is 7.02. The van der Waals surface area contributed by atoms with Gasteiger partial charge < -0.3 is 9.64 Å². The number of rotatable bonds is 6. The fraction of sp³-hybridized carbons (Fsp3) is 0.350. The van der Waals surface area contributed by atoms with Crippen molar-refractivity contribution in [2.45, 2.75) is 11.8 Å². The summed E-state index contributed by atoms with van der Waals surface area (Å²) < 4.78 is 33.7. The number of sulfonamides is 1. The van der Waals surface area contributed by atoms with Crippen LogP contribution in [-0.2, 0) is 10.0 Å². The minimum atomic E-state index is -3.90. The van der Waals surface area contributed by atoms with E-state index in [1.807, 2.05) is 12.1 Å². The molecule has 1 aliphatic heterocycles. The molecular formula is C20H26N4O4S. The number of anilines is 1. The average molecular weight is 419 g/mol. The third kappa shape index (κ3) is 5.06. The number of piperazine rings is 1. The predicted octanol–water partition coefficient (Wildman–Crippen LogP) is 1.70. The van der Waals surface area contributed by atoms with E-state index in [1.165, 1.54) is 13.2 Å². The largest absolute Gasteiger partial charge is 0.495 e. The number of hydrogen-bond acceptors (Lipinski definition) is 6. The van der Waals surface area contributed by atoms with E-state index in [-0.39, 0.29) is 16.4 Å². The molecule has 0 bridgehead atoms. The summed E-state index contributed by atoms with van der Waals surface area (Å²) in [6.07, 6.45) is 0. The second kappa shape index (κ2) is 8.81. The van der Waals surface area contributed by atoms with Crippen LogP contribution in [0, 0.1) is 6.92 Å². The molecule has 1 amide bonds. The van der Waals surface area contributed by atoms with Crippen molar-refractivity contribution in [2.24, 2.45) is 0 Å². The van der Waals surface area contributed by atoms with Crippen LogP contribution >= 0.6 is 0 Å². The SMILES string of the molecule is COc1ccccc1NS(=O)(=O)c1cc(C(=O)NN2CCN(C)CC2)ccc1C. The third-order valence-corrected chi connectivity index (χ3v) is 6.36. The number of ether oxygens (including phenoxy) is 1. The molecule has 0 unspecified atom stereocenters. The number of carbonyl (C=O) groups excluding carboxylic acids is 1. The van der Waals surface area contributed by atoms with Crippen LogP contribution in [0.15, 0.2) is 47.4 Å². The van der Waals surface area contributed by atoms with Crippen LogP contribution in [0.25, 0.3) is 0 Å². The van der Waals surface area contributed by atoms with Crippen LogP contribution in [0.3, 0.4) is 0 Å². The molecule has 3 rings (SSSR count). The van der Waals surface area contributed by atoms with Crippen LogP contribution in [0.1, 0.15) is 15.9 Å². The number of aryl methyl sites for hydroxylation is 1. The van der Waals surface area contributed by atoms with Gasteiger partial charge in [-0.25, -0.2) is 13.4 Å². The van der Waals surface area contributed by atoms with Crippen molar-refractivity contribution in [2.75, 3.05) is 45.1 Å². The second-order valence-corrected chi connectivity index (χ2v) is 8.67. The predicted molar refractivity (Wildman–Crippen MR) is 112 cm³/mol. The summed E-state index contributed by atoms with van der Waals surface area (Å²) in [6, 6.07) is 11.4. The number of benzene rings is 2. The molecule has 1 aliphatic rings. The molecule has 29 heavy (non-hydrogen) atoms. The molecule has 9 heteroatoms. The molecule has 1 fully saturated rings. The third-order valence-electron chi connectivity index (χ3n) is 4.85. The molecule has 2 N–H and O–H groups in total. The zero-order valence-corrected chi connectivity index (χ0v) is 17.6. The lowest BCUT2D eigenvalue weighted by Crippen LogP contribution is -2.52. The van der Waals surface area contributed by atoms with Gasteiger partial charge in [-0.1, -0.05) is 18.2 Å². The Kier molecular flexibility index (Phi) is 6.41. The number of para-hydroxylation sites is 2. The number of hydrogen-bond donors (Lipinski definition) is 2. The van der Waals surface area contributed by atoms with Gasteiger partial charge in [0.1, 0.15) is 5.75 Å². The van der Waals surface area contributed by atoms with Crippen LogP contribution in [0.4, 0.5) is 5.69 Å². The molecule has 1 saturated heterocycles. The molecule has 1 heterocycles. The van der Waals surface area contributed by atoms with E-state index in [4.69, 9.17) is 4.74 Å². The van der Waals surface area contributed by atoms with Gasteiger partial charge in [0.25, 0.3) is 15.9 Å². The molecule has 2 aromatic rings. The Morgan fingerprint density at radius 2 is 1.76 bits per heavy atom. The minimum Gasteiger partial charge on any atom is -0.495 e. The van der Waals surface area contributed by atoms with E-state index in [9.17, 15) is 13.2 Å². The Labute approximate surface area is 171 Å². The first-order chi connectivity index (χ1) is 13.8. The van der Waals surface area contributed by atoms with Gasteiger partial charge >= 0.3 is 0 Å². The van der Waals surface area contributed by atoms with Gasteiger partial charge in [-0.2, -0.15) is 0 Å². The van der Waals surface area contributed by atoms with Gasteiger partial charge in [-0.15, -0.1) is 0 Å². The molecule has 0 aromatic heterocycles. The maximum absolute atomic E-state index is 13.0. The number of carbonyl (C=O) groups is 1. The molecule has 0 radical (unpaired) electrons. The molecule has 156 valence electrons. The van der Waals surface area contributed by atoms with Crippen molar-refractivity contribution >= 4 is 21.6 Å². The van der Waals surface area contributed by atoms with E-state index in [1.54, 1.807) is 43.3 Å². The van der Waals surface area contributed by atoms with Gasteiger partial charge in [0.05, 0.1) is 17.7 Å². The summed E-state index contributed by atoms with van der Waals surface area (Å²) in [5, 5.41) is 1.85. The van der Waals surface area contributed by atoms with E-state index < -0.39 is 10.0 Å². The molecule has 0 spiro atoms. The molecule has 0 atom stereocenters. The highest BCUT2D eigenvalue weighted by Crippen LogP contribution is 2.27. The Balaban J connectivity index is 1.81. The quantitative estimate of drug-likeness (QED) is 0.742. The number of amides is 1. The lowest BCUT2D eigenvalue weighted by Gasteiger charge is -2.32. The molecular weight excluding hydrogens is 392 g/mol. The first-order valence-corrected chi connectivity index (χ1v) is 10.8. The van der Waals surface area contributed by atoms with Gasteiger partial charge in [-0.05, 0) is 43.8 Å². The zero-order valence-electron chi connectivity index (χ0n) is 16.8. The van der Waals surface area contributed by atoms with Crippen molar-refractivity contribution in [3.05, 3.63) is 53.6 Å². The van der Waals surface area contributed by atoms with E-state index in [0.29, 0.717) is 30.1 Å². The van der Waals surface area contributed by atoms with Gasteiger partial charge in [0.15, 0.2) is 0 Å². The van der Waals surface area contributed by atoms with Crippen LogP contribution < -0.4 is 14.9 Å². The van der Waals surface area contributed by atoms with E-state index >= 15 is 0 Å². The molecule has 8 nitrogen and oxygen atoms in total. The highest BCUT2D eigenvalue weighted by atomic mass is 32.2. The van der Waals surface area contributed by atoms with Crippen LogP contribution in [-0.4, -0.2) is 64.6 Å². The van der Waals surface area contributed by atoms with Crippen molar-refractivity contribution < 1.29 is 17.9 Å². The fourth-order valence-electron chi connectivity index (χ4n) is 3.09. The lowest BCUT2D eigenvalue weighted by atomic mass is 10.1. The van der Waals surface area contributed by atoms with Gasteiger partial charge in [0.2, 0.25) is 0 Å². The average Bonchev–Trinajstić information content (AvgIpc) is 2.70. The number of hydrazine groups is 1. The minimum absolute atomic E-state index is 0.0504. The maximum Gasteiger partial charge on any atom is 0.265 e. The van der Waals surface area contributed by atoms with E-state index in [0.717, 1.165) is 13.1 Å². The number of methoxy groups -OCH3 is 1. The summed E-state index contributed by atoms with van der Waals surface area (Å²) in [4.78, 5) is 14.9. The molecule has 2 aromatic carbocycles. The molecule has 0 saturated carbocycles. The maximum atomic E-state index is 13.0. The highest BCUT2D eigenvalue weighted by molar-refractivity contribution is 7.92. The topological polar surface area (TPSA) is 91.0 Å². The normalized spacial score (nSPS) is 15.7. The summed E-state index contributed by atoms with van der Waals surface area (Å²) in [5.41, 5.74) is 4.02. The molecule has 0 aliphatic carbocycles. The first kappa shape index (κ1) is 21.1. The Morgan fingerprint density at radius 1 is 1.07 bits per heavy atom. The monoisotopic (exact) mass is 418 g/mol. The van der Waals surface area contributed by atoms with Crippen molar-refractivity contribution in [1.29, 1.82) is 0 Å². The summed E-state index contributed by atoms with van der Waals surface area (Å²) in [5.74, 6) is 0.0842. The van der Waals surface area contributed by atoms with Crippen LogP contribution in [0.2, 0.25) is 0 Å². The van der Waals surface area contributed by atoms with Crippen molar-refractivity contribution in [1.82, 2.24) is 15.3 Å². The smallest absolute Gasteiger partial charge is 0.265 e. The standard InChI is InChI=1S/C20H26N4O4S/c1-15-8-9-16(20(25)21-24-12-10-23(2)11-13-24)14-19(15)29(26,27)22-17-6-4-5-7-18(17)28-3/h4-9,14,22H,10-13H2,1-3H3,(H,21,25).